The lowest BCUT2D eigenvalue weighted by Crippen LogP contribution is -2.49. The second kappa shape index (κ2) is 6.40. The third kappa shape index (κ3) is 3.03. The van der Waals surface area contributed by atoms with Crippen molar-refractivity contribution in [1.29, 1.82) is 0 Å². The lowest BCUT2D eigenvalue weighted by atomic mass is 9.78. The van der Waals surface area contributed by atoms with E-state index >= 15 is 0 Å². The van der Waals surface area contributed by atoms with Crippen molar-refractivity contribution in [1.82, 2.24) is 0 Å². The van der Waals surface area contributed by atoms with Crippen molar-refractivity contribution in [2.75, 3.05) is 0 Å². The summed E-state index contributed by atoms with van der Waals surface area (Å²) in [6, 6.07) is 11.3. The number of phenols is 1. The molecule has 2 aromatic rings. The van der Waals surface area contributed by atoms with Crippen LogP contribution >= 0.6 is 0 Å². The van der Waals surface area contributed by atoms with Gasteiger partial charge in [0.1, 0.15) is 11.5 Å². The smallest absolute Gasteiger partial charge is 0.386 e. The fourth-order valence-corrected chi connectivity index (χ4v) is 2.97. The molecular weight excluding hydrogens is 405 g/mol. The number of ether oxygens (including phenoxy) is 1. The molecule has 0 spiro atoms. The molecule has 3 rings (SSSR count). The number of aromatic hydroxyl groups is 1. The maximum Gasteiger partial charge on any atom is 0.386 e. The van der Waals surface area contributed by atoms with Crippen LogP contribution in [0.5, 0.6) is 11.5 Å². The fourth-order valence-electron chi connectivity index (χ4n) is 2.97. The van der Waals surface area contributed by atoms with Gasteiger partial charge in [-0.15, -0.1) is 0 Å². The Hall–Kier alpha value is -2.71. The van der Waals surface area contributed by atoms with E-state index in [0.29, 0.717) is 5.56 Å². The first-order valence-electron chi connectivity index (χ1n) is 8.35. The Morgan fingerprint density at radius 2 is 1.21 bits per heavy atom. The summed E-state index contributed by atoms with van der Waals surface area (Å²) < 4.78 is 98.3. The molecule has 0 saturated carbocycles. The number of hydrogen-bond donors (Lipinski definition) is 1. The van der Waals surface area contributed by atoms with Crippen LogP contribution < -0.4 is 4.74 Å². The maximum absolute atomic E-state index is 13.7. The second-order valence-electron chi connectivity index (χ2n) is 7.16. The van der Waals surface area contributed by atoms with E-state index in [1.165, 1.54) is 24.3 Å². The van der Waals surface area contributed by atoms with Gasteiger partial charge in [-0.3, -0.25) is 0 Å². The highest BCUT2D eigenvalue weighted by Crippen LogP contribution is 2.59. The predicted molar refractivity (Wildman–Crippen MR) is 90.3 cm³/mol. The van der Waals surface area contributed by atoms with Crippen LogP contribution in [0.4, 0.5) is 30.7 Å². The minimum absolute atomic E-state index is 0.0645. The molecule has 156 valence electrons. The van der Waals surface area contributed by atoms with E-state index < -0.39 is 40.5 Å². The molecule has 0 saturated heterocycles. The molecule has 9 heteroatoms. The fraction of sp³-hybridized carbons (Fsp3) is 0.300. The number of halogens is 7. The highest BCUT2D eigenvalue weighted by atomic mass is 19.3. The van der Waals surface area contributed by atoms with Gasteiger partial charge < -0.3 is 9.84 Å². The topological polar surface area (TPSA) is 29.5 Å². The van der Waals surface area contributed by atoms with Gasteiger partial charge in [0.2, 0.25) is 11.6 Å². The predicted octanol–water partition coefficient (Wildman–Crippen LogP) is 6.20. The van der Waals surface area contributed by atoms with E-state index in [1.54, 1.807) is 12.1 Å². The number of benzene rings is 2. The van der Waals surface area contributed by atoms with Gasteiger partial charge in [0, 0.05) is 5.41 Å². The van der Waals surface area contributed by atoms with E-state index in [4.69, 9.17) is 0 Å². The maximum atomic E-state index is 13.7. The van der Waals surface area contributed by atoms with Crippen LogP contribution in [0, 0.1) is 0 Å². The molecule has 1 aliphatic rings. The molecule has 0 fully saturated rings. The van der Waals surface area contributed by atoms with Gasteiger partial charge in [0.15, 0.2) is 0 Å². The Kier molecular flexibility index (Phi) is 4.64. The summed E-state index contributed by atoms with van der Waals surface area (Å²) in [5, 5.41) is 9.38. The van der Waals surface area contributed by atoms with Crippen molar-refractivity contribution in [3.8, 4) is 11.5 Å². The molecule has 0 unspecified atom stereocenters. The molecule has 1 N–H and O–H groups in total. The Labute approximate surface area is 161 Å². The minimum Gasteiger partial charge on any atom is -0.508 e. The van der Waals surface area contributed by atoms with Crippen molar-refractivity contribution in [2.45, 2.75) is 37.0 Å². The van der Waals surface area contributed by atoms with E-state index in [1.807, 2.05) is 13.8 Å². The molecule has 29 heavy (non-hydrogen) atoms. The summed E-state index contributed by atoms with van der Waals surface area (Å²) in [6.45, 7) is 3.65. The SMILES string of the molecule is CC(C)(c1ccc(O)cc1)c1ccc(OC2=C(F)C(F)(F)C(F)(F)C2(F)F)cc1. The van der Waals surface area contributed by atoms with Crippen molar-refractivity contribution in [2.24, 2.45) is 0 Å². The number of phenolic OH excluding ortho intramolecular Hbond substituents is 1. The van der Waals surface area contributed by atoms with Crippen LogP contribution in [0.3, 0.4) is 0 Å². The molecule has 2 nitrogen and oxygen atoms in total. The van der Waals surface area contributed by atoms with Crippen molar-refractivity contribution in [3.05, 3.63) is 71.2 Å². The average molecular weight is 420 g/mol. The first-order valence-corrected chi connectivity index (χ1v) is 8.35. The molecule has 1 aliphatic carbocycles. The highest BCUT2D eigenvalue weighted by Gasteiger charge is 2.82. The molecule has 0 heterocycles. The number of rotatable bonds is 4. The van der Waals surface area contributed by atoms with Crippen LogP contribution in [0.1, 0.15) is 25.0 Å². The quantitative estimate of drug-likeness (QED) is 0.597. The van der Waals surface area contributed by atoms with Crippen molar-refractivity contribution in [3.63, 3.8) is 0 Å². The summed E-state index contributed by atoms with van der Waals surface area (Å²) in [5.74, 6) is -23.0. The normalized spacial score (nSPS) is 20.0. The van der Waals surface area contributed by atoms with E-state index in [0.717, 1.165) is 17.7 Å². The first-order chi connectivity index (χ1) is 13.2. The van der Waals surface area contributed by atoms with Crippen LogP contribution in [0.25, 0.3) is 0 Å². The molecule has 0 aromatic heterocycles. The van der Waals surface area contributed by atoms with Crippen molar-refractivity contribution >= 4 is 0 Å². The summed E-state index contributed by atoms with van der Waals surface area (Å²) in [7, 11) is 0. The first kappa shape index (κ1) is 21.0. The molecule has 0 aliphatic heterocycles. The largest absolute Gasteiger partial charge is 0.508 e. The summed E-state index contributed by atoms with van der Waals surface area (Å²) in [5.41, 5.74) is 0.812. The van der Waals surface area contributed by atoms with E-state index in [-0.39, 0.29) is 5.75 Å². The average Bonchev–Trinajstić information content (AvgIpc) is 2.73. The summed E-state index contributed by atoms with van der Waals surface area (Å²) in [4.78, 5) is 0. The lowest BCUT2D eigenvalue weighted by molar-refractivity contribution is -0.272. The molecule has 0 amide bonds. The van der Waals surface area contributed by atoms with Gasteiger partial charge in [-0.1, -0.05) is 38.1 Å². The van der Waals surface area contributed by atoms with Crippen molar-refractivity contribution < 1.29 is 40.6 Å². The highest BCUT2D eigenvalue weighted by molar-refractivity contribution is 5.43. The van der Waals surface area contributed by atoms with Gasteiger partial charge in [-0.25, -0.2) is 4.39 Å². The number of alkyl halides is 6. The molecular formula is C20H15F7O2. The van der Waals surface area contributed by atoms with Crippen LogP contribution in [0.2, 0.25) is 0 Å². The van der Waals surface area contributed by atoms with Gasteiger partial charge >= 0.3 is 17.8 Å². The van der Waals surface area contributed by atoms with Crippen LogP contribution in [-0.2, 0) is 5.41 Å². The van der Waals surface area contributed by atoms with Gasteiger partial charge in [0.05, 0.1) is 0 Å². The monoisotopic (exact) mass is 420 g/mol. The van der Waals surface area contributed by atoms with Gasteiger partial charge in [-0.2, -0.15) is 26.3 Å². The zero-order chi connectivity index (χ0) is 21.8. The Bertz CT molecular complexity index is 946. The third-order valence-corrected chi connectivity index (χ3v) is 4.93. The summed E-state index contributed by atoms with van der Waals surface area (Å²) >= 11 is 0. The number of allylic oxidation sites excluding steroid dienone is 2. The van der Waals surface area contributed by atoms with E-state index in [2.05, 4.69) is 4.74 Å². The standard InChI is InChI=1S/C20H15F7O2/c1-17(2,11-3-7-13(28)8-4-11)12-5-9-14(10-6-12)29-16-15(21)18(22,23)20(26,27)19(16,24)25/h3-10,28H,1-2H3. The van der Waals surface area contributed by atoms with Gasteiger partial charge in [0.25, 0.3) is 0 Å². The van der Waals surface area contributed by atoms with E-state index in [9.17, 15) is 35.8 Å². The minimum atomic E-state index is -5.94. The second-order valence-corrected chi connectivity index (χ2v) is 7.16. The molecule has 0 radical (unpaired) electrons. The van der Waals surface area contributed by atoms with Gasteiger partial charge in [-0.05, 0) is 35.4 Å². The van der Waals surface area contributed by atoms with Crippen LogP contribution in [-0.4, -0.2) is 22.9 Å². The molecule has 0 bridgehead atoms. The molecule has 2 aromatic carbocycles. The Morgan fingerprint density at radius 1 is 0.759 bits per heavy atom. The zero-order valence-electron chi connectivity index (χ0n) is 15.1. The lowest BCUT2D eigenvalue weighted by Gasteiger charge is -2.26. The summed E-state index contributed by atoms with van der Waals surface area (Å²) in [6.07, 6.45) is 0. The molecule has 0 atom stereocenters. The Balaban J connectivity index is 1.90. The zero-order valence-corrected chi connectivity index (χ0v) is 15.1. The third-order valence-electron chi connectivity index (χ3n) is 4.93. The van der Waals surface area contributed by atoms with Crippen LogP contribution in [0.15, 0.2) is 60.1 Å². The number of hydrogen-bond acceptors (Lipinski definition) is 2. The Morgan fingerprint density at radius 3 is 1.62 bits per heavy atom.